The van der Waals surface area contributed by atoms with Crippen molar-refractivity contribution < 1.29 is 5.11 Å². The van der Waals surface area contributed by atoms with Crippen LogP contribution in [0.15, 0.2) is 58.4 Å². The van der Waals surface area contributed by atoms with Crippen molar-refractivity contribution >= 4 is 40.8 Å². The molecule has 1 aliphatic rings. The van der Waals surface area contributed by atoms with Crippen LogP contribution in [0.1, 0.15) is 11.1 Å². The van der Waals surface area contributed by atoms with E-state index in [1.165, 1.54) is 5.01 Å². The normalized spacial score (nSPS) is 13.6. The van der Waals surface area contributed by atoms with Gasteiger partial charge in [-0.3, -0.25) is 15.2 Å². The molecule has 0 saturated heterocycles. The first-order valence-corrected chi connectivity index (χ1v) is 8.66. The monoisotopic (exact) mass is 398 g/mol. The molecule has 3 aromatic rings. The van der Waals surface area contributed by atoms with E-state index in [0.29, 0.717) is 21.3 Å². The number of anilines is 1. The maximum atomic E-state index is 12.5. The van der Waals surface area contributed by atoms with Crippen LogP contribution >= 0.6 is 23.2 Å². The van der Waals surface area contributed by atoms with Gasteiger partial charge in [-0.25, -0.2) is 5.01 Å². The quantitative estimate of drug-likeness (QED) is 0.619. The molecule has 1 aliphatic heterocycles. The Bertz CT molecular complexity index is 1250. The van der Waals surface area contributed by atoms with Gasteiger partial charge in [0.1, 0.15) is 10.9 Å². The summed E-state index contributed by atoms with van der Waals surface area (Å²) in [6.45, 7) is 0. The third kappa shape index (κ3) is 2.99. The molecule has 4 rings (SSSR count). The summed E-state index contributed by atoms with van der Waals surface area (Å²) >= 11 is 12.0. The van der Waals surface area contributed by atoms with Crippen molar-refractivity contribution in [2.45, 2.75) is 0 Å². The van der Waals surface area contributed by atoms with Crippen molar-refractivity contribution in [1.29, 1.82) is 5.41 Å². The van der Waals surface area contributed by atoms with Gasteiger partial charge >= 0.3 is 0 Å². The number of nitrogens with one attached hydrogen (secondary N) is 2. The summed E-state index contributed by atoms with van der Waals surface area (Å²) in [5.74, 6) is -0.429. The molecule has 0 atom stereocenters. The van der Waals surface area contributed by atoms with E-state index >= 15 is 0 Å². The number of aromatic amines is 1. The average Bonchev–Trinajstić information content (AvgIpc) is 3.00. The number of para-hydroxylation sites is 1. The molecule has 2 aromatic carbocycles. The highest BCUT2D eigenvalue weighted by Crippen LogP contribution is 2.23. The fourth-order valence-corrected chi connectivity index (χ4v) is 3.14. The van der Waals surface area contributed by atoms with Gasteiger partial charge in [0.25, 0.3) is 5.56 Å². The Hall–Kier alpha value is -3.09. The molecular weight excluding hydrogens is 387 g/mol. The largest absolute Gasteiger partial charge is 0.494 e. The topological polar surface area (TPSA) is 92.5 Å². The molecule has 6 nitrogen and oxygen atoms in total. The summed E-state index contributed by atoms with van der Waals surface area (Å²) in [4.78, 5) is 14.8. The first-order chi connectivity index (χ1) is 13.0. The summed E-state index contributed by atoms with van der Waals surface area (Å²) in [5.41, 5.74) is 0.919. The number of H-pyrrole nitrogens is 1. The number of hydrogen-bond acceptors (Lipinski definition) is 4. The maximum Gasteiger partial charge on any atom is 0.260 e. The van der Waals surface area contributed by atoms with E-state index in [1.54, 1.807) is 36.4 Å². The number of aromatic nitrogens is 1. The summed E-state index contributed by atoms with van der Waals surface area (Å²) in [5, 5.41) is 25.5. The Morgan fingerprint density at radius 3 is 2.56 bits per heavy atom. The highest BCUT2D eigenvalue weighted by molar-refractivity contribution is 6.42. The van der Waals surface area contributed by atoms with Crippen LogP contribution < -0.4 is 21.1 Å². The molecule has 0 radical (unpaired) electrons. The lowest BCUT2D eigenvalue weighted by molar-refractivity contribution is 0.449. The minimum absolute atomic E-state index is 0.0336. The Balaban J connectivity index is 1.99. The third-order valence-electron chi connectivity index (χ3n) is 4.11. The van der Waals surface area contributed by atoms with E-state index in [0.717, 1.165) is 0 Å². The Morgan fingerprint density at radius 2 is 1.85 bits per heavy atom. The first kappa shape index (κ1) is 17.3. The molecule has 2 heterocycles. The van der Waals surface area contributed by atoms with Crippen LogP contribution in [0.4, 0.5) is 5.69 Å². The predicted octanol–water partition coefficient (Wildman–Crippen LogP) is 2.60. The van der Waals surface area contributed by atoms with Crippen molar-refractivity contribution in [3.63, 3.8) is 0 Å². The maximum absolute atomic E-state index is 12.5. The van der Waals surface area contributed by atoms with Gasteiger partial charge in [0.2, 0.25) is 5.88 Å². The minimum Gasteiger partial charge on any atom is -0.494 e. The third-order valence-corrected chi connectivity index (χ3v) is 4.85. The van der Waals surface area contributed by atoms with E-state index in [4.69, 9.17) is 28.6 Å². The van der Waals surface area contributed by atoms with Crippen molar-refractivity contribution in [3.05, 3.63) is 90.6 Å². The fraction of sp³-hybridized carbons (Fsp3) is 0. The lowest BCUT2D eigenvalue weighted by atomic mass is 10.1. The van der Waals surface area contributed by atoms with Gasteiger partial charge in [0, 0.05) is 0 Å². The first-order valence-electron chi connectivity index (χ1n) is 7.90. The van der Waals surface area contributed by atoms with E-state index in [2.05, 4.69) is 10.1 Å². The zero-order chi connectivity index (χ0) is 19.1. The molecule has 0 saturated carbocycles. The van der Waals surface area contributed by atoms with Crippen LogP contribution in [0, 0.1) is 5.41 Å². The highest BCUT2D eigenvalue weighted by atomic mass is 35.5. The zero-order valence-corrected chi connectivity index (χ0v) is 15.2. The average molecular weight is 399 g/mol. The number of nitrogens with zero attached hydrogens (tertiary/aromatic N) is 2. The number of rotatable bonds is 2. The number of pyridine rings is 1. The van der Waals surface area contributed by atoms with Crippen LogP contribution in [-0.2, 0) is 0 Å². The lowest BCUT2D eigenvalue weighted by Gasteiger charge is -2.13. The van der Waals surface area contributed by atoms with Crippen LogP contribution in [-0.4, -0.2) is 15.9 Å². The van der Waals surface area contributed by atoms with Gasteiger partial charge < -0.3 is 5.11 Å². The second kappa shape index (κ2) is 6.57. The smallest absolute Gasteiger partial charge is 0.260 e. The van der Waals surface area contributed by atoms with Gasteiger partial charge in [0.15, 0.2) is 5.84 Å². The number of fused-ring (bicyclic) bond motifs is 1. The second-order valence-electron chi connectivity index (χ2n) is 5.85. The van der Waals surface area contributed by atoms with Crippen LogP contribution in [0.5, 0.6) is 5.88 Å². The van der Waals surface area contributed by atoms with E-state index in [1.807, 2.05) is 18.2 Å². The van der Waals surface area contributed by atoms with Gasteiger partial charge in [0.05, 0.1) is 21.0 Å². The zero-order valence-electron chi connectivity index (χ0n) is 13.7. The number of benzene rings is 2. The molecular formula is C19H12Cl2N4O2. The molecule has 0 spiro atoms. The Labute approximate surface area is 163 Å². The molecule has 0 unspecified atom stereocenters. The van der Waals surface area contributed by atoms with Gasteiger partial charge in [-0.05, 0) is 35.9 Å². The molecule has 0 bridgehead atoms. The summed E-state index contributed by atoms with van der Waals surface area (Å²) in [7, 11) is 0. The summed E-state index contributed by atoms with van der Waals surface area (Å²) < 4.78 is 0. The SMILES string of the molecule is N=C1c2c(O)[nH]c(=O)c(=Cc3ccc(Cl)c(Cl)c3)c2=NN1c1ccccc1. The van der Waals surface area contributed by atoms with Crippen molar-refractivity contribution in [1.82, 2.24) is 4.98 Å². The van der Waals surface area contributed by atoms with Crippen LogP contribution in [0.2, 0.25) is 10.0 Å². The fourth-order valence-electron chi connectivity index (χ4n) is 2.83. The van der Waals surface area contributed by atoms with Crippen molar-refractivity contribution in [2.24, 2.45) is 5.10 Å². The lowest BCUT2D eigenvalue weighted by Crippen LogP contribution is -2.42. The molecule has 0 aliphatic carbocycles. The summed E-state index contributed by atoms with van der Waals surface area (Å²) in [6, 6.07) is 14.0. The molecule has 134 valence electrons. The number of aromatic hydroxyl groups is 1. The number of hydrogen-bond donors (Lipinski definition) is 3. The molecule has 0 amide bonds. The number of halogens is 2. The minimum atomic E-state index is -0.524. The molecule has 8 heteroatoms. The van der Waals surface area contributed by atoms with E-state index < -0.39 is 11.4 Å². The molecule has 27 heavy (non-hydrogen) atoms. The van der Waals surface area contributed by atoms with Gasteiger partial charge in [-0.2, -0.15) is 5.10 Å². The Kier molecular flexibility index (Phi) is 4.22. The second-order valence-corrected chi connectivity index (χ2v) is 6.67. The molecule has 3 N–H and O–H groups in total. The Morgan fingerprint density at radius 1 is 1.11 bits per heavy atom. The number of amidine groups is 1. The molecule has 0 fully saturated rings. The van der Waals surface area contributed by atoms with Gasteiger partial charge in [-0.15, -0.1) is 0 Å². The standard InChI is InChI=1S/C19H12Cl2N4O2/c20-13-7-6-10(9-14(13)21)8-12-16-15(19(27)23-18(12)26)17(22)25(24-16)11-4-2-1-3-5-11/h1-9,22,27H,(H,23,26). The van der Waals surface area contributed by atoms with Crippen LogP contribution in [0.25, 0.3) is 6.08 Å². The van der Waals surface area contributed by atoms with E-state index in [-0.39, 0.29) is 22.0 Å². The summed E-state index contributed by atoms with van der Waals surface area (Å²) in [6.07, 6.45) is 1.59. The predicted molar refractivity (Wildman–Crippen MR) is 105 cm³/mol. The van der Waals surface area contributed by atoms with Gasteiger partial charge in [-0.1, -0.05) is 47.5 Å². The van der Waals surface area contributed by atoms with Crippen molar-refractivity contribution in [3.8, 4) is 5.88 Å². The van der Waals surface area contributed by atoms with Crippen molar-refractivity contribution in [2.75, 3.05) is 5.01 Å². The molecule has 1 aromatic heterocycles. The highest BCUT2D eigenvalue weighted by Gasteiger charge is 2.26. The van der Waals surface area contributed by atoms with E-state index in [9.17, 15) is 9.90 Å². The van der Waals surface area contributed by atoms with Crippen LogP contribution in [0.3, 0.4) is 0 Å².